The molecule has 2 aliphatic rings. The first kappa shape index (κ1) is 14.4. The van der Waals surface area contributed by atoms with Gasteiger partial charge in [0.05, 0.1) is 5.51 Å². The number of nitrogens with one attached hydrogen (secondary N) is 1. The van der Waals surface area contributed by atoms with Crippen LogP contribution in [0.5, 0.6) is 0 Å². The van der Waals surface area contributed by atoms with Crippen molar-refractivity contribution in [3.05, 3.63) is 39.0 Å². The number of hydrogen-bond acceptors (Lipinski definition) is 5. The zero-order valence-electron chi connectivity index (χ0n) is 12.3. The molecule has 1 amide bonds. The van der Waals surface area contributed by atoms with Gasteiger partial charge in [-0.3, -0.25) is 4.79 Å². The molecule has 1 atom stereocenters. The van der Waals surface area contributed by atoms with Gasteiger partial charge in [-0.1, -0.05) is 0 Å². The fourth-order valence-corrected chi connectivity index (χ4v) is 4.78. The Labute approximate surface area is 138 Å². The number of hydrogen-bond donors (Lipinski definition) is 1. The third kappa shape index (κ3) is 2.59. The predicted molar refractivity (Wildman–Crippen MR) is 89.2 cm³/mol. The standard InChI is InChI=1S/C16H19N3OS2/c20-15(13-10-22-11-18-13)19(8-12-1-6-21-9-12)14-7-16(14)2-4-17-5-3-16/h1,6,9-11,14,17H,2-5,7-8H2. The van der Waals surface area contributed by atoms with E-state index in [-0.39, 0.29) is 5.91 Å². The quantitative estimate of drug-likeness (QED) is 0.935. The van der Waals surface area contributed by atoms with E-state index < -0.39 is 0 Å². The molecular weight excluding hydrogens is 314 g/mol. The molecule has 1 aliphatic carbocycles. The minimum Gasteiger partial charge on any atom is -0.329 e. The molecule has 4 rings (SSSR count). The maximum atomic E-state index is 12.9. The van der Waals surface area contributed by atoms with Crippen molar-refractivity contribution in [1.82, 2.24) is 15.2 Å². The Bertz CT molecular complexity index is 632. The lowest BCUT2D eigenvalue weighted by atomic mass is 9.93. The number of nitrogens with zero attached hydrogens (tertiary/aromatic N) is 2. The summed E-state index contributed by atoms with van der Waals surface area (Å²) in [4.78, 5) is 19.2. The van der Waals surface area contributed by atoms with Crippen molar-refractivity contribution in [1.29, 1.82) is 0 Å². The first-order valence-corrected chi connectivity index (χ1v) is 9.58. The molecule has 1 saturated heterocycles. The lowest BCUT2D eigenvalue weighted by molar-refractivity contribution is 0.0687. The Morgan fingerprint density at radius 2 is 2.23 bits per heavy atom. The maximum absolute atomic E-state index is 12.9. The van der Waals surface area contributed by atoms with E-state index in [2.05, 4.69) is 32.0 Å². The average molecular weight is 333 g/mol. The first-order chi connectivity index (χ1) is 10.8. The maximum Gasteiger partial charge on any atom is 0.273 e. The number of aromatic nitrogens is 1. The number of thiophene rings is 1. The average Bonchev–Trinajstić information content (AvgIpc) is 3.02. The lowest BCUT2D eigenvalue weighted by Crippen LogP contribution is -2.39. The van der Waals surface area contributed by atoms with Crippen LogP contribution < -0.4 is 5.32 Å². The number of thiazole rings is 1. The topological polar surface area (TPSA) is 45.2 Å². The third-order valence-electron chi connectivity index (χ3n) is 4.97. The Hall–Kier alpha value is -1.24. The highest BCUT2D eigenvalue weighted by atomic mass is 32.1. The fourth-order valence-electron chi connectivity index (χ4n) is 3.60. The van der Waals surface area contributed by atoms with Gasteiger partial charge in [0.1, 0.15) is 5.69 Å². The summed E-state index contributed by atoms with van der Waals surface area (Å²) in [6.07, 6.45) is 3.51. The van der Waals surface area contributed by atoms with Crippen LogP contribution >= 0.6 is 22.7 Å². The Morgan fingerprint density at radius 1 is 1.36 bits per heavy atom. The molecule has 0 aromatic carbocycles. The van der Waals surface area contributed by atoms with Crippen molar-refractivity contribution in [2.45, 2.75) is 31.8 Å². The van der Waals surface area contributed by atoms with Crippen LogP contribution in [0.15, 0.2) is 27.7 Å². The van der Waals surface area contributed by atoms with Gasteiger partial charge < -0.3 is 10.2 Å². The van der Waals surface area contributed by atoms with Crippen LogP contribution in [0.1, 0.15) is 35.3 Å². The molecular formula is C16H19N3OS2. The molecule has 1 N–H and O–H groups in total. The number of rotatable bonds is 4. The van der Waals surface area contributed by atoms with Crippen molar-refractivity contribution in [3.8, 4) is 0 Å². The molecule has 4 nitrogen and oxygen atoms in total. The Balaban J connectivity index is 1.57. The van der Waals surface area contributed by atoms with Gasteiger partial charge in [0, 0.05) is 18.0 Å². The van der Waals surface area contributed by atoms with Crippen LogP contribution in [0.25, 0.3) is 0 Å². The lowest BCUT2D eigenvalue weighted by Gasteiger charge is -2.29. The van der Waals surface area contributed by atoms with E-state index >= 15 is 0 Å². The molecule has 0 radical (unpaired) electrons. The van der Waals surface area contributed by atoms with Crippen molar-refractivity contribution in [2.24, 2.45) is 5.41 Å². The molecule has 6 heteroatoms. The van der Waals surface area contributed by atoms with E-state index in [0.29, 0.717) is 23.7 Å². The molecule has 1 unspecified atom stereocenters. The van der Waals surface area contributed by atoms with E-state index in [0.717, 1.165) is 19.5 Å². The minimum atomic E-state index is 0.0906. The molecule has 1 aliphatic heterocycles. The van der Waals surface area contributed by atoms with Gasteiger partial charge in [-0.25, -0.2) is 4.98 Å². The second-order valence-corrected chi connectivity index (χ2v) is 7.77. The van der Waals surface area contributed by atoms with Crippen molar-refractivity contribution in [2.75, 3.05) is 13.1 Å². The van der Waals surface area contributed by atoms with Crippen LogP contribution in [0, 0.1) is 5.41 Å². The highest BCUT2D eigenvalue weighted by molar-refractivity contribution is 7.08. The van der Waals surface area contributed by atoms with Crippen molar-refractivity contribution >= 4 is 28.6 Å². The molecule has 2 aromatic rings. The molecule has 1 spiro atoms. The van der Waals surface area contributed by atoms with E-state index in [4.69, 9.17) is 0 Å². The third-order valence-corrected chi connectivity index (χ3v) is 6.29. The van der Waals surface area contributed by atoms with Gasteiger partial charge in [-0.15, -0.1) is 11.3 Å². The van der Waals surface area contributed by atoms with E-state index in [1.54, 1.807) is 16.8 Å². The SMILES string of the molecule is O=C(c1cscn1)N(Cc1ccsc1)C1CC12CCNCC2. The van der Waals surface area contributed by atoms with Gasteiger partial charge in [-0.2, -0.15) is 11.3 Å². The largest absolute Gasteiger partial charge is 0.329 e. The highest BCUT2D eigenvalue weighted by Gasteiger charge is 2.57. The summed E-state index contributed by atoms with van der Waals surface area (Å²) in [5, 5.41) is 9.51. The summed E-state index contributed by atoms with van der Waals surface area (Å²) in [5.41, 5.74) is 3.91. The normalized spacial score (nSPS) is 22.6. The van der Waals surface area contributed by atoms with Crippen molar-refractivity contribution in [3.63, 3.8) is 0 Å². The fraction of sp³-hybridized carbons (Fsp3) is 0.500. The summed E-state index contributed by atoms with van der Waals surface area (Å²) >= 11 is 3.17. The predicted octanol–water partition coefficient (Wildman–Crippen LogP) is 2.99. The highest BCUT2D eigenvalue weighted by Crippen LogP contribution is 2.56. The van der Waals surface area contributed by atoms with Gasteiger partial charge in [0.2, 0.25) is 0 Å². The first-order valence-electron chi connectivity index (χ1n) is 7.69. The monoisotopic (exact) mass is 333 g/mol. The van der Waals surface area contributed by atoms with Crippen LogP contribution in [-0.2, 0) is 6.54 Å². The van der Waals surface area contributed by atoms with E-state index in [1.165, 1.54) is 29.7 Å². The Morgan fingerprint density at radius 3 is 2.91 bits per heavy atom. The van der Waals surface area contributed by atoms with E-state index in [9.17, 15) is 4.79 Å². The van der Waals surface area contributed by atoms with Gasteiger partial charge >= 0.3 is 0 Å². The molecule has 1 saturated carbocycles. The molecule has 3 heterocycles. The number of amides is 1. The molecule has 0 bridgehead atoms. The van der Waals surface area contributed by atoms with Crippen LogP contribution in [0.3, 0.4) is 0 Å². The molecule has 116 valence electrons. The van der Waals surface area contributed by atoms with E-state index in [1.807, 2.05) is 5.38 Å². The number of carbonyl (C=O) groups excluding carboxylic acids is 1. The summed E-state index contributed by atoms with van der Waals surface area (Å²) in [7, 11) is 0. The molecule has 2 aromatic heterocycles. The van der Waals surface area contributed by atoms with Crippen LogP contribution in [-0.4, -0.2) is 34.9 Å². The molecule has 2 fully saturated rings. The second kappa shape index (κ2) is 5.76. The summed E-state index contributed by atoms with van der Waals surface area (Å²) in [5.74, 6) is 0.0906. The summed E-state index contributed by atoms with van der Waals surface area (Å²) in [6.45, 7) is 2.86. The van der Waals surface area contributed by atoms with Gasteiger partial charge in [0.25, 0.3) is 5.91 Å². The van der Waals surface area contributed by atoms with Gasteiger partial charge in [-0.05, 0) is 60.2 Å². The van der Waals surface area contributed by atoms with Crippen molar-refractivity contribution < 1.29 is 4.79 Å². The van der Waals surface area contributed by atoms with Crippen LogP contribution in [0.4, 0.5) is 0 Å². The Kier molecular flexibility index (Phi) is 3.76. The number of carbonyl (C=O) groups is 1. The summed E-state index contributed by atoms with van der Waals surface area (Å²) < 4.78 is 0. The van der Waals surface area contributed by atoms with Gasteiger partial charge in [0.15, 0.2) is 0 Å². The summed E-state index contributed by atoms with van der Waals surface area (Å²) in [6, 6.07) is 2.49. The molecule has 22 heavy (non-hydrogen) atoms. The van der Waals surface area contributed by atoms with Crippen LogP contribution in [0.2, 0.25) is 0 Å². The zero-order chi connectivity index (χ0) is 15.0. The number of piperidine rings is 1. The minimum absolute atomic E-state index is 0.0906. The second-order valence-electron chi connectivity index (χ2n) is 6.27. The smallest absolute Gasteiger partial charge is 0.273 e. The zero-order valence-corrected chi connectivity index (χ0v) is 14.0.